The fraction of sp³-hybridized carbons (Fsp3) is 0.923. The first-order chi connectivity index (χ1) is 9.92. The van der Waals surface area contributed by atoms with Crippen LogP contribution in [0.25, 0.3) is 0 Å². The van der Waals surface area contributed by atoms with Gasteiger partial charge < -0.3 is 23.7 Å². The number of nitrogens with two attached hydrogens (primary N) is 1. The Hall–Kier alpha value is -0.260. The van der Waals surface area contributed by atoms with E-state index < -0.39 is 33.5 Å². The molecule has 5 atom stereocenters. The SMILES string of the molecule is C=S(N)(=O)OC[C@@]12OC[C@H]3OC(C)(C)O[C@H]3[C@@H]1OC(C)(C)O2. The minimum absolute atomic E-state index is 0.174. The summed E-state index contributed by atoms with van der Waals surface area (Å²) in [5, 5.41) is 5.34. The van der Waals surface area contributed by atoms with Crippen LogP contribution >= 0.6 is 0 Å². The van der Waals surface area contributed by atoms with Crippen molar-refractivity contribution in [1.82, 2.24) is 0 Å². The quantitative estimate of drug-likeness (QED) is 0.718. The highest BCUT2D eigenvalue weighted by Gasteiger charge is 2.65. The van der Waals surface area contributed by atoms with Gasteiger partial charge in [0.2, 0.25) is 5.79 Å². The van der Waals surface area contributed by atoms with Crippen molar-refractivity contribution in [3.05, 3.63) is 0 Å². The van der Waals surface area contributed by atoms with Gasteiger partial charge >= 0.3 is 0 Å². The summed E-state index contributed by atoms with van der Waals surface area (Å²) in [6.07, 6.45) is -1.25. The van der Waals surface area contributed by atoms with Crippen LogP contribution in [0.2, 0.25) is 0 Å². The lowest BCUT2D eigenvalue weighted by Crippen LogP contribution is -2.60. The number of ether oxygens (including phenoxy) is 5. The van der Waals surface area contributed by atoms with Gasteiger partial charge in [-0.25, -0.2) is 9.35 Å². The molecule has 0 radical (unpaired) electrons. The zero-order valence-corrected chi connectivity index (χ0v) is 14.0. The molecule has 0 aromatic rings. The standard InChI is InChI=1S/C13H23NO7S/c1-11(2)18-8-6-16-13(7-17-22(5,14)15)10(9(8)19-11)20-12(3,4)21-13/h8-10H,5-7H2,1-4H3,(H2,14,15)/t8-,9-,10+,13+,22?/m1/s1. The Balaban J connectivity index is 1.87. The van der Waals surface area contributed by atoms with E-state index in [1.54, 1.807) is 13.8 Å². The van der Waals surface area contributed by atoms with Crippen molar-refractivity contribution in [1.29, 1.82) is 0 Å². The number of hydrogen-bond donors (Lipinski definition) is 1. The van der Waals surface area contributed by atoms with E-state index in [0.717, 1.165) is 0 Å². The van der Waals surface area contributed by atoms with Gasteiger partial charge in [0.15, 0.2) is 11.6 Å². The molecule has 2 N–H and O–H groups in total. The molecular weight excluding hydrogens is 314 g/mol. The Morgan fingerprint density at radius 2 is 1.91 bits per heavy atom. The maximum Gasteiger partial charge on any atom is 0.225 e. The molecule has 128 valence electrons. The molecule has 3 rings (SSSR count). The van der Waals surface area contributed by atoms with Gasteiger partial charge in [-0.15, -0.1) is 0 Å². The smallest absolute Gasteiger partial charge is 0.225 e. The van der Waals surface area contributed by atoms with Gasteiger partial charge in [-0.1, -0.05) is 0 Å². The molecule has 1 unspecified atom stereocenters. The van der Waals surface area contributed by atoms with Gasteiger partial charge in [-0.3, -0.25) is 4.18 Å². The Morgan fingerprint density at radius 3 is 2.55 bits per heavy atom. The van der Waals surface area contributed by atoms with Crippen LogP contribution in [0.3, 0.4) is 0 Å². The molecule has 3 fully saturated rings. The Labute approximate surface area is 130 Å². The second kappa shape index (κ2) is 4.87. The third-order valence-corrected chi connectivity index (χ3v) is 4.25. The van der Waals surface area contributed by atoms with Crippen molar-refractivity contribution in [2.24, 2.45) is 5.14 Å². The fourth-order valence-corrected chi connectivity index (χ4v) is 3.49. The summed E-state index contributed by atoms with van der Waals surface area (Å²) in [5.74, 6) is 0.368. The average molecular weight is 337 g/mol. The molecule has 0 aromatic heterocycles. The average Bonchev–Trinajstić information content (AvgIpc) is 2.78. The number of hydrogen-bond acceptors (Lipinski definition) is 7. The Bertz CT molecular complexity index is 561. The second-order valence-electron chi connectivity index (χ2n) is 6.73. The molecule has 8 nitrogen and oxygen atoms in total. The molecule has 0 amide bonds. The van der Waals surface area contributed by atoms with Crippen molar-refractivity contribution < 1.29 is 32.1 Å². The summed E-state index contributed by atoms with van der Waals surface area (Å²) >= 11 is 0. The predicted molar refractivity (Wildman–Crippen MR) is 77.9 cm³/mol. The molecule has 3 aliphatic rings. The predicted octanol–water partition coefficient (Wildman–Crippen LogP) is -0.0938. The highest BCUT2D eigenvalue weighted by molar-refractivity contribution is 7.93. The summed E-state index contributed by atoms with van der Waals surface area (Å²) in [6.45, 7) is 7.25. The summed E-state index contributed by atoms with van der Waals surface area (Å²) in [4.78, 5) is 0. The lowest BCUT2D eigenvalue weighted by molar-refractivity contribution is -0.290. The first kappa shape index (κ1) is 16.6. The normalized spacial score (nSPS) is 45.0. The maximum absolute atomic E-state index is 11.5. The fourth-order valence-electron chi connectivity index (χ4n) is 3.13. The highest BCUT2D eigenvalue weighted by Crippen LogP contribution is 2.47. The summed E-state index contributed by atoms with van der Waals surface area (Å²) in [7, 11) is -3.14. The van der Waals surface area contributed by atoms with Crippen LogP contribution < -0.4 is 5.14 Å². The van der Waals surface area contributed by atoms with E-state index in [4.69, 9.17) is 33.0 Å². The van der Waals surface area contributed by atoms with Crippen LogP contribution in [0.1, 0.15) is 27.7 Å². The van der Waals surface area contributed by atoms with Gasteiger partial charge in [0, 0.05) is 0 Å². The van der Waals surface area contributed by atoms with Crippen molar-refractivity contribution in [2.75, 3.05) is 13.2 Å². The molecule has 22 heavy (non-hydrogen) atoms. The van der Waals surface area contributed by atoms with Crippen LogP contribution in [0.5, 0.6) is 0 Å². The number of fused-ring (bicyclic) bond motifs is 3. The monoisotopic (exact) mass is 337 g/mol. The largest absolute Gasteiger partial charge is 0.343 e. The van der Waals surface area contributed by atoms with E-state index in [2.05, 4.69) is 5.87 Å². The first-order valence-electron chi connectivity index (χ1n) is 7.08. The molecule has 3 saturated heterocycles. The molecule has 0 spiro atoms. The third-order valence-electron chi connectivity index (χ3n) is 3.73. The van der Waals surface area contributed by atoms with Gasteiger partial charge in [0.05, 0.1) is 6.61 Å². The Morgan fingerprint density at radius 1 is 1.23 bits per heavy atom. The van der Waals surface area contributed by atoms with Gasteiger partial charge in [0.1, 0.15) is 34.9 Å². The lowest BCUT2D eigenvalue weighted by atomic mass is 9.98. The first-order valence-corrected chi connectivity index (χ1v) is 8.80. The van der Waals surface area contributed by atoms with Crippen LogP contribution in [0, 0.1) is 0 Å². The van der Waals surface area contributed by atoms with Crippen molar-refractivity contribution in [2.45, 2.75) is 63.4 Å². The molecule has 9 heteroatoms. The van der Waals surface area contributed by atoms with Gasteiger partial charge in [-0.05, 0) is 33.6 Å². The Kier molecular flexibility index (Phi) is 3.67. The van der Waals surface area contributed by atoms with E-state index in [9.17, 15) is 4.21 Å². The van der Waals surface area contributed by atoms with Gasteiger partial charge in [0.25, 0.3) is 0 Å². The van der Waals surface area contributed by atoms with Crippen LogP contribution in [0.4, 0.5) is 0 Å². The third kappa shape index (κ3) is 3.04. The molecule has 3 heterocycles. The van der Waals surface area contributed by atoms with E-state index in [0.29, 0.717) is 0 Å². The highest BCUT2D eigenvalue weighted by atomic mass is 32.2. The molecule has 0 bridgehead atoms. The minimum atomic E-state index is -3.14. The molecule has 0 saturated carbocycles. The van der Waals surface area contributed by atoms with Crippen molar-refractivity contribution in [3.63, 3.8) is 0 Å². The lowest BCUT2D eigenvalue weighted by Gasteiger charge is -2.40. The van der Waals surface area contributed by atoms with Crippen molar-refractivity contribution in [3.8, 4) is 0 Å². The number of rotatable bonds is 3. The van der Waals surface area contributed by atoms with Crippen molar-refractivity contribution >= 4 is 15.9 Å². The van der Waals surface area contributed by atoms with E-state index >= 15 is 0 Å². The molecule has 0 aromatic carbocycles. The maximum atomic E-state index is 11.5. The molecular formula is C13H23NO7S. The van der Waals surface area contributed by atoms with Gasteiger partial charge in [-0.2, -0.15) is 0 Å². The zero-order chi connectivity index (χ0) is 16.4. The van der Waals surface area contributed by atoms with Crippen LogP contribution in [-0.2, 0) is 37.9 Å². The van der Waals surface area contributed by atoms with E-state index in [1.165, 1.54) is 0 Å². The van der Waals surface area contributed by atoms with E-state index in [-0.39, 0.29) is 25.4 Å². The molecule has 0 aliphatic carbocycles. The van der Waals surface area contributed by atoms with Crippen LogP contribution in [0.15, 0.2) is 0 Å². The zero-order valence-electron chi connectivity index (χ0n) is 13.2. The van der Waals surface area contributed by atoms with E-state index in [1.807, 2.05) is 13.8 Å². The minimum Gasteiger partial charge on any atom is -0.343 e. The summed E-state index contributed by atoms with van der Waals surface area (Å²) in [6, 6.07) is 0. The topological polar surface area (TPSA) is 98.5 Å². The van der Waals surface area contributed by atoms with Crippen LogP contribution in [-0.4, -0.2) is 59.0 Å². The summed E-state index contributed by atoms with van der Waals surface area (Å²) < 4.78 is 46.1. The summed E-state index contributed by atoms with van der Waals surface area (Å²) in [5.41, 5.74) is 0. The molecule has 3 aliphatic heterocycles. The second-order valence-corrected chi connectivity index (χ2v) is 8.29.